The van der Waals surface area contributed by atoms with E-state index in [0.29, 0.717) is 38.3 Å². The molecule has 0 radical (unpaired) electrons. The van der Waals surface area contributed by atoms with Crippen LogP contribution in [0.25, 0.3) is 0 Å². The smallest absolute Gasteiger partial charge is 0.254 e. The van der Waals surface area contributed by atoms with Crippen LogP contribution in [0.1, 0.15) is 24.2 Å². The van der Waals surface area contributed by atoms with Crippen molar-refractivity contribution in [3.05, 3.63) is 29.6 Å². The summed E-state index contributed by atoms with van der Waals surface area (Å²) in [4.78, 5) is 16.2. The van der Waals surface area contributed by atoms with Crippen molar-refractivity contribution in [2.24, 2.45) is 0 Å². The van der Waals surface area contributed by atoms with Crippen molar-refractivity contribution in [3.63, 3.8) is 0 Å². The standard InChI is InChI=1S/C15H22FN3O2/c1-15(2,21)10-18-5-7-19(8-6-18)14(20)11-3-4-12(16)13(17)9-11/h3-4,9,21H,5-8,10,17H2,1-2H3. The normalized spacial score (nSPS) is 17.0. The third-order valence-corrected chi connectivity index (χ3v) is 3.51. The summed E-state index contributed by atoms with van der Waals surface area (Å²) in [5.41, 5.74) is 5.15. The molecule has 5 nitrogen and oxygen atoms in total. The average Bonchev–Trinajstić information content (AvgIpc) is 2.40. The van der Waals surface area contributed by atoms with Crippen LogP contribution in [0.3, 0.4) is 0 Å². The first-order valence-corrected chi connectivity index (χ1v) is 7.05. The van der Waals surface area contributed by atoms with Gasteiger partial charge in [0.1, 0.15) is 5.82 Å². The Morgan fingerprint density at radius 2 is 1.95 bits per heavy atom. The molecule has 0 unspecified atom stereocenters. The summed E-state index contributed by atoms with van der Waals surface area (Å²) in [5, 5.41) is 9.81. The molecule has 6 heteroatoms. The molecule has 1 fully saturated rings. The summed E-state index contributed by atoms with van der Waals surface area (Å²) in [6, 6.07) is 4.05. The fourth-order valence-corrected chi connectivity index (χ4v) is 2.52. The molecule has 0 aromatic heterocycles. The van der Waals surface area contributed by atoms with E-state index in [0.717, 1.165) is 0 Å². The average molecular weight is 295 g/mol. The number of hydrogen-bond donors (Lipinski definition) is 2. The lowest BCUT2D eigenvalue weighted by Gasteiger charge is -2.37. The lowest BCUT2D eigenvalue weighted by Crippen LogP contribution is -2.52. The number of piperazine rings is 1. The van der Waals surface area contributed by atoms with Gasteiger partial charge in [-0.15, -0.1) is 0 Å². The zero-order valence-corrected chi connectivity index (χ0v) is 12.5. The number of rotatable bonds is 3. The molecule has 2 rings (SSSR count). The molecule has 0 saturated carbocycles. The Morgan fingerprint density at radius 3 is 2.48 bits per heavy atom. The van der Waals surface area contributed by atoms with Crippen LogP contribution in [-0.4, -0.2) is 59.1 Å². The van der Waals surface area contributed by atoms with Crippen LogP contribution < -0.4 is 5.73 Å². The number of halogens is 1. The molecule has 1 aromatic carbocycles. The van der Waals surface area contributed by atoms with Crippen molar-refractivity contribution in [1.82, 2.24) is 9.80 Å². The third-order valence-electron chi connectivity index (χ3n) is 3.51. The van der Waals surface area contributed by atoms with Gasteiger partial charge in [-0.2, -0.15) is 0 Å². The van der Waals surface area contributed by atoms with Gasteiger partial charge in [0.05, 0.1) is 11.3 Å². The van der Waals surface area contributed by atoms with Crippen LogP contribution in [0.5, 0.6) is 0 Å². The summed E-state index contributed by atoms with van der Waals surface area (Å²) in [6.07, 6.45) is 0. The highest BCUT2D eigenvalue weighted by molar-refractivity contribution is 5.95. The highest BCUT2D eigenvalue weighted by Crippen LogP contribution is 2.16. The number of nitrogen functional groups attached to an aromatic ring is 1. The minimum Gasteiger partial charge on any atom is -0.396 e. The molecule has 116 valence electrons. The molecular weight excluding hydrogens is 273 g/mol. The monoisotopic (exact) mass is 295 g/mol. The highest BCUT2D eigenvalue weighted by atomic mass is 19.1. The Morgan fingerprint density at radius 1 is 1.33 bits per heavy atom. The molecule has 1 aromatic rings. The first kappa shape index (κ1) is 15.7. The topological polar surface area (TPSA) is 69.8 Å². The van der Waals surface area contributed by atoms with Gasteiger partial charge in [0.15, 0.2) is 0 Å². The molecule has 1 saturated heterocycles. The van der Waals surface area contributed by atoms with Gasteiger partial charge in [0, 0.05) is 38.3 Å². The minimum absolute atomic E-state index is 0.0125. The molecule has 21 heavy (non-hydrogen) atoms. The summed E-state index contributed by atoms with van der Waals surface area (Å²) in [6.45, 7) is 6.73. The maximum atomic E-state index is 13.1. The van der Waals surface area contributed by atoms with E-state index in [1.54, 1.807) is 18.7 Å². The summed E-state index contributed by atoms with van der Waals surface area (Å²) < 4.78 is 13.1. The second-order valence-electron chi connectivity index (χ2n) is 6.12. The van der Waals surface area contributed by atoms with E-state index in [1.807, 2.05) is 0 Å². The van der Waals surface area contributed by atoms with Crippen molar-refractivity contribution in [1.29, 1.82) is 0 Å². The number of benzene rings is 1. The maximum Gasteiger partial charge on any atom is 0.254 e. The predicted molar refractivity (Wildman–Crippen MR) is 79.5 cm³/mol. The summed E-state index contributed by atoms with van der Waals surface area (Å²) in [7, 11) is 0. The molecule has 1 aliphatic heterocycles. The van der Waals surface area contributed by atoms with Gasteiger partial charge in [-0.1, -0.05) is 0 Å². The molecular formula is C15H22FN3O2. The second-order valence-corrected chi connectivity index (χ2v) is 6.12. The first-order chi connectivity index (χ1) is 9.76. The predicted octanol–water partition coefficient (Wildman–Crippen LogP) is 0.937. The molecule has 3 N–H and O–H groups in total. The van der Waals surface area contributed by atoms with Crippen molar-refractivity contribution < 1.29 is 14.3 Å². The van der Waals surface area contributed by atoms with Crippen molar-refractivity contribution >= 4 is 11.6 Å². The van der Waals surface area contributed by atoms with Crippen LogP contribution in [0, 0.1) is 5.82 Å². The highest BCUT2D eigenvalue weighted by Gasteiger charge is 2.25. The van der Waals surface area contributed by atoms with Gasteiger partial charge in [0.25, 0.3) is 5.91 Å². The van der Waals surface area contributed by atoms with Gasteiger partial charge < -0.3 is 15.7 Å². The van der Waals surface area contributed by atoms with Gasteiger partial charge in [-0.25, -0.2) is 4.39 Å². The van der Waals surface area contributed by atoms with Gasteiger partial charge >= 0.3 is 0 Å². The zero-order valence-electron chi connectivity index (χ0n) is 12.5. The van der Waals surface area contributed by atoms with E-state index in [4.69, 9.17) is 5.73 Å². The van der Waals surface area contributed by atoms with E-state index in [9.17, 15) is 14.3 Å². The van der Waals surface area contributed by atoms with E-state index in [1.165, 1.54) is 18.2 Å². The quantitative estimate of drug-likeness (QED) is 0.814. The van der Waals surface area contributed by atoms with Crippen LogP contribution >= 0.6 is 0 Å². The molecule has 1 amide bonds. The Balaban J connectivity index is 1.95. The van der Waals surface area contributed by atoms with Gasteiger partial charge in [-0.3, -0.25) is 9.69 Å². The minimum atomic E-state index is -0.739. The lowest BCUT2D eigenvalue weighted by molar-refractivity contribution is 0.0178. The Labute approximate surface area is 124 Å². The number of aliphatic hydroxyl groups is 1. The molecule has 0 spiro atoms. The zero-order chi connectivity index (χ0) is 15.6. The number of hydrogen-bond acceptors (Lipinski definition) is 4. The largest absolute Gasteiger partial charge is 0.396 e. The number of nitrogens with two attached hydrogens (primary N) is 1. The van der Waals surface area contributed by atoms with Crippen LogP contribution in [0.2, 0.25) is 0 Å². The number of carbonyl (C=O) groups is 1. The van der Waals surface area contributed by atoms with Crippen LogP contribution in [0.4, 0.5) is 10.1 Å². The van der Waals surface area contributed by atoms with Crippen LogP contribution in [-0.2, 0) is 0 Å². The fraction of sp³-hybridized carbons (Fsp3) is 0.533. The van der Waals surface area contributed by atoms with Gasteiger partial charge in [0.2, 0.25) is 0 Å². The summed E-state index contributed by atoms with van der Waals surface area (Å²) in [5.74, 6) is -0.647. The molecule has 1 aliphatic rings. The number of anilines is 1. The number of nitrogens with zero attached hydrogens (tertiary/aromatic N) is 2. The lowest BCUT2D eigenvalue weighted by atomic mass is 10.1. The number of carbonyl (C=O) groups excluding carboxylic acids is 1. The second kappa shape index (κ2) is 5.99. The van der Waals surface area contributed by atoms with Crippen LogP contribution in [0.15, 0.2) is 18.2 Å². The van der Waals surface area contributed by atoms with Crippen molar-refractivity contribution in [3.8, 4) is 0 Å². The van der Waals surface area contributed by atoms with E-state index < -0.39 is 11.4 Å². The molecule has 0 bridgehead atoms. The van der Waals surface area contributed by atoms with Gasteiger partial charge in [-0.05, 0) is 32.0 Å². The molecule has 0 atom stereocenters. The van der Waals surface area contributed by atoms with E-state index in [-0.39, 0.29) is 11.6 Å². The Bertz CT molecular complexity index is 520. The molecule has 0 aliphatic carbocycles. The van der Waals surface area contributed by atoms with Crippen molar-refractivity contribution in [2.75, 3.05) is 38.5 Å². The number of β-amino-alcohol motifs (C(OH)–C–C–N with tert-alkyl or cyclic N) is 1. The number of amides is 1. The third kappa shape index (κ3) is 4.15. The van der Waals surface area contributed by atoms with Crippen molar-refractivity contribution in [2.45, 2.75) is 19.4 Å². The maximum absolute atomic E-state index is 13.1. The summed E-state index contributed by atoms with van der Waals surface area (Å²) >= 11 is 0. The van der Waals surface area contributed by atoms with E-state index >= 15 is 0 Å². The molecule has 1 heterocycles. The van der Waals surface area contributed by atoms with E-state index in [2.05, 4.69) is 4.90 Å². The Hall–Kier alpha value is -1.66. The first-order valence-electron chi connectivity index (χ1n) is 7.05. The SMILES string of the molecule is CC(C)(O)CN1CCN(C(=O)c2ccc(F)c(N)c2)CC1. The fourth-order valence-electron chi connectivity index (χ4n) is 2.52. The Kier molecular flexibility index (Phi) is 4.49.